The number of thiophene rings is 1. The standard InChI is InChI=1S/C21H17NS/c1-15-18(16-8-3-2-4-9-16)14-17-10-5-6-11-19(17)22-21(15)20-12-7-13-23-20/h2-13H,14H2,1H3. The topological polar surface area (TPSA) is 12.4 Å². The normalized spacial score (nSPS) is 14.2. The largest absolute Gasteiger partial charge is 0.247 e. The van der Waals surface area contributed by atoms with Crippen LogP contribution in [0, 0.1) is 0 Å². The molecule has 1 aliphatic rings. The van der Waals surface area contributed by atoms with Gasteiger partial charge >= 0.3 is 0 Å². The van der Waals surface area contributed by atoms with E-state index in [4.69, 9.17) is 4.99 Å². The Kier molecular flexibility index (Phi) is 3.68. The van der Waals surface area contributed by atoms with Crippen LogP contribution < -0.4 is 0 Å². The highest BCUT2D eigenvalue weighted by Gasteiger charge is 2.19. The molecule has 2 heterocycles. The van der Waals surface area contributed by atoms with Crippen LogP contribution in [-0.4, -0.2) is 5.71 Å². The number of aliphatic imine (C=N–C) groups is 1. The first kappa shape index (κ1) is 14.2. The van der Waals surface area contributed by atoms with Crippen molar-refractivity contribution in [2.75, 3.05) is 0 Å². The average molecular weight is 315 g/mol. The lowest BCUT2D eigenvalue weighted by Gasteiger charge is -2.11. The molecule has 0 atom stereocenters. The van der Waals surface area contributed by atoms with Crippen LogP contribution in [-0.2, 0) is 6.42 Å². The van der Waals surface area contributed by atoms with E-state index in [2.05, 4.69) is 79.0 Å². The lowest BCUT2D eigenvalue weighted by molar-refractivity contribution is 1.27. The zero-order valence-electron chi connectivity index (χ0n) is 13.0. The number of para-hydroxylation sites is 1. The molecule has 3 aromatic rings. The molecule has 0 radical (unpaired) electrons. The van der Waals surface area contributed by atoms with Gasteiger partial charge in [-0.2, -0.15) is 0 Å². The number of hydrogen-bond acceptors (Lipinski definition) is 2. The lowest BCUT2D eigenvalue weighted by Crippen LogP contribution is -2.03. The van der Waals surface area contributed by atoms with Gasteiger partial charge in [0.1, 0.15) is 0 Å². The van der Waals surface area contributed by atoms with E-state index in [1.807, 2.05) is 0 Å². The van der Waals surface area contributed by atoms with E-state index in [9.17, 15) is 0 Å². The van der Waals surface area contributed by atoms with E-state index >= 15 is 0 Å². The Hall–Kier alpha value is -2.45. The van der Waals surface area contributed by atoms with E-state index in [0.29, 0.717) is 0 Å². The number of benzene rings is 2. The second-order valence-electron chi connectivity index (χ2n) is 5.71. The Labute approximate surface area is 140 Å². The maximum Gasteiger partial charge on any atom is 0.0841 e. The molecule has 0 aliphatic carbocycles. The van der Waals surface area contributed by atoms with Gasteiger partial charge in [-0.3, -0.25) is 0 Å². The van der Waals surface area contributed by atoms with Crippen molar-refractivity contribution >= 4 is 28.3 Å². The molecular formula is C21H17NS. The molecule has 1 nitrogen and oxygen atoms in total. The summed E-state index contributed by atoms with van der Waals surface area (Å²) >= 11 is 1.75. The van der Waals surface area contributed by atoms with Gasteiger partial charge in [-0.1, -0.05) is 54.6 Å². The molecule has 0 saturated carbocycles. The minimum absolute atomic E-state index is 0.921. The van der Waals surface area contributed by atoms with Crippen LogP contribution in [0.15, 0.2) is 82.7 Å². The minimum Gasteiger partial charge on any atom is -0.247 e. The first-order chi connectivity index (χ1) is 11.3. The summed E-state index contributed by atoms with van der Waals surface area (Å²) in [4.78, 5) is 6.24. The molecule has 4 rings (SSSR count). The number of nitrogens with zero attached hydrogens (tertiary/aromatic N) is 1. The summed E-state index contributed by atoms with van der Waals surface area (Å²) in [5.74, 6) is 0. The monoisotopic (exact) mass is 315 g/mol. The highest BCUT2D eigenvalue weighted by molar-refractivity contribution is 7.12. The Morgan fingerprint density at radius 2 is 1.65 bits per heavy atom. The van der Waals surface area contributed by atoms with Crippen molar-refractivity contribution in [3.63, 3.8) is 0 Å². The first-order valence-corrected chi connectivity index (χ1v) is 8.67. The molecule has 23 heavy (non-hydrogen) atoms. The minimum atomic E-state index is 0.921. The van der Waals surface area contributed by atoms with Crippen LogP contribution in [0.3, 0.4) is 0 Å². The van der Waals surface area contributed by atoms with Crippen LogP contribution in [0.5, 0.6) is 0 Å². The van der Waals surface area contributed by atoms with Gasteiger partial charge in [-0.05, 0) is 46.7 Å². The molecule has 1 aromatic heterocycles. The highest BCUT2D eigenvalue weighted by Crippen LogP contribution is 2.34. The van der Waals surface area contributed by atoms with Crippen molar-refractivity contribution in [2.24, 2.45) is 4.99 Å². The van der Waals surface area contributed by atoms with Gasteiger partial charge in [0.15, 0.2) is 0 Å². The SMILES string of the molecule is CC1=C(c2ccccc2)Cc2ccccc2N=C1c1cccs1. The molecule has 2 heteroatoms. The molecule has 0 bridgehead atoms. The predicted molar refractivity (Wildman–Crippen MR) is 99.7 cm³/mol. The lowest BCUT2D eigenvalue weighted by atomic mass is 9.92. The molecule has 0 unspecified atom stereocenters. The first-order valence-electron chi connectivity index (χ1n) is 7.79. The van der Waals surface area contributed by atoms with Crippen molar-refractivity contribution in [3.8, 4) is 0 Å². The summed E-state index contributed by atoms with van der Waals surface area (Å²) in [6, 6.07) is 23.4. The molecule has 0 amide bonds. The Morgan fingerprint density at radius 3 is 2.43 bits per heavy atom. The maximum absolute atomic E-state index is 5.01. The van der Waals surface area contributed by atoms with Gasteiger partial charge in [0.05, 0.1) is 16.3 Å². The van der Waals surface area contributed by atoms with Crippen molar-refractivity contribution in [1.82, 2.24) is 0 Å². The Bertz CT molecular complexity index is 887. The molecule has 112 valence electrons. The predicted octanol–water partition coefficient (Wildman–Crippen LogP) is 5.90. The molecule has 0 N–H and O–H groups in total. The van der Waals surface area contributed by atoms with Crippen molar-refractivity contribution < 1.29 is 0 Å². The fourth-order valence-electron chi connectivity index (χ4n) is 3.05. The second kappa shape index (κ2) is 5.98. The number of rotatable bonds is 2. The zero-order chi connectivity index (χ0) is 15.6. The summed E-state index contributed by atoms with van der Waals surface area (Å²) < 4.78 is 0. The summed E-state index contributed by atoms with van der Waals surface area (Å²) in [6.45, 7) is 2.20. The van der Waals surface area contributed by atoms with E-state index in [0.717, 1.165) is 17.8 Å². The van der Waals surface area contributed by atoms with E-state index in [-0.39, 0.29) is 0 Å². The fourth-order valence-corrected chi connectivity index (χ4v) is 3.82. The van der Waals surface area contributed by atoms with Gasteiger partial charge in [0.2, 0.25) is 0 Å². The molecule has 2 aromatic carbocycles. The third-order valence-corrected chi connectivity index (χ3v) is 5.15. The molecule has 0 fully saturated rings. The van der Waals surface area contributed by atoms with Gasteiger partial charge in [-0.25, -0.2) is 4.99 Å². The van der Waals surface area contributed by atoms with E-state index in [1.165, 1.54) is 27.2 Å². The van der Waals surface area contributed by atoms with Crippen LogP contribution in [0.4, 0.5) is 5.69 Å². The molecule has 1 aliphatic heterocycles. The highest BCUT2D eigenvalue weighted by atomic mass is 32.1. The second-order valence-corrected chi connectivity index (χ2v) is 6.66. The summed E-state index contributed by atoms with van der Waals surface area (Å²) in [5.41, 5.74) is 7.39. The van der Waals surface area contributed by atoms with Gasteiger partial charge in [0.25, 0.3) is 0 Å². The number of allylic oxidation sites excluding steroid dienone is 2. The quantitative estimate of drug-likeness (QED) is 0.558. The fraction of sp³-hybridized carbons (Fsp3) is 0.0952. The van der Waals surface area contributed by atoms with E-state index < -0.39 is 0 Å². The zero-order valence-corrected chi connectivity index (χ0v) is 13.8. The molecule has 0 spiro atoms. The molecular weight excluding hydrogens is 298 g/mol. The van der Waals surface area contributed by atoms with Crippen molar-refractivity contribution in [3.05, 3.63) is 93.7 Å². The van der Waals surface area contributed by atoms with Gasteiger partial charge in [0, 0.05) is 6.42 Å². The van der Waals surface area contributed by atoms with Crippen LogP contribution in [0.2, 0.25) is 0 Å². The smallest absolute Gasteiger partial charge is 0.0841 e. The maximum atomic E-state index is 5.01. The number of fused-ring (bicyclic) bond motifs is 1. The third kappa shape index (κ3) is 2.66. The van der Waals surface area contributed by atoms with Gasteiger partial charge < -0.3 is 0 Å². The summed E-state index contributed by atoms with van der Waals surface area (Å²) in [5, 5.41) is 2.12. The number of hydrogen-bond donors (Lipinski definition) is 0. The van der Waals surface area contributed by atoms with Crippen molar-refractivity contribution in [2.45, 2.75) is 13.3 Å². The Morgan fingerprint density at radius 1 is 0.870 bits per heavy atom. The van der Waals surface area contributed by atoms with E-state index in [1.54, 1.807) is 11.3 Å². The average Bonchev–Trinajstić information content (AvgIpc) is 3.08. The van der Waals surface area contributed by atoms with Crippen LogP contribution in [0.25, 0.3) is 5.57 Å². The molecule has 0 saturated heterocycles. The van der Waals surface area contributed by atoms with Crippen LogP contribution in [0.1, 0.15) is 22.9 Å². The Balaban J connectivity index is 1.96. The van der Waals surface area contributed by atoms with Crippen molar-refractivity contribution in [1.29, 1.82) is 0 Å². The third-order valence-electron chi connectivity index (χ3n) is 4.28. The van der Waals surface area contributed by atoms with Crippen LogP contribution >= 0.6 is 11.3 Å². The summed E-state index contributed by atoms with van der Waals surface area (Å²) in [7, 11) is 0. The summed E-state index contributed by atoms with van der Waals surface area (Å²) in [6.07, 6.45) is 0.921. The van der Waals surface area contributed by atoms with Gasteiger partial charge in [-0.15, -0.1) is 11.3 Å².